The van der Waals surface area contributed by atoms with Crippen LogP contribution in [-0.4, -0.2) is 30.7 Å². The molecule has 2 amide bonds. The molecule has 3 rings (SSSR count). The molecule has 1 heterocycles. The fourth-order valence-electron chi connectivity index (χ4n) is 2.48. The number of benzene rings is 2. The second-order valence-electron chi connectivity index (χ2n) is 5.23. The molecular formula is C17H17N3O2S. The third-order valence-electron chi connectivity index (χ3n) is 3.61. The summed E-state index contributed by atoms with van der Waals surface area (Å²) in [6.07, 6.45) is 0. The van der Waals surface area contributed by atoms with E-state index in [-0.39, 0.29) is 5.91 Å². The van der Waals surface area contributed by atoms with Crippen molar-refractivity contribution in [3.63, 3.8) is 0 Å². The number of nitrogens with two attached hydrogens (primary N) is 1. The fraction of sp³-hybridized carbons (Fsp3) is 0.176. The topological polar surface area (TPSA) is 75.4 Å². The fourth-order valence-corrected chi connectivity index (χ4v) is 3.53. The second-order valence-corrected chi connectivity index (χ2v) is 6.36. The molecule has 0 aliphatic carbocycles. The van der Waals surface area contributed by atoms with Crippen LogP contribution >= 0.6 is 11.8 Å². The molecular weight excluding hydrogens is 310 g/mol. The molecule has 0 radical (unpaired) electrons. The van der Waals surface area contributed by atoms with Gasteiger partial charge in [-0.2, -0.15) is 0 Å². The van der Waals surface area contributed by atoms with Crippen LogP contribution in [0.3, 0.4) is 0 Å². The van der Waals surface area contributed by atoms with Gasteiger partial charge in [0.1, 0.15) is 0 Å². The Morgan fingerprint density at radius 3 is 2.61 bits per heavy atom. The van der Waals surface area contributed by atoms with E-state index in [9.17, 15) is 9.59 Å². The summed E-state index contributed by atoms with van der Waals surface area (Å²) in [6, 6.07) is 14.7. The van der Waals surface area contributed by atoms with Crippen LogP contribution in [0.2, 0.25) is 0 Å². The number of carbonyl (C=O) groups is 2. The summed E-state index contributed by atoms with van der Waals surface area (Å²) in [6.45, 7) is 1.14. The highest BCUT2D eigenvalue weighted by Gasteiger charge is 2.19. The van der Waals surface area contributed by atoms with Crippen LogP contribution in [0.4, 0.5) is 11.4 Å². The Morgan fingerprint density at radius 1 is 1.13 bits per heavy atom. The highest BCUT2D eigenvalue weighted by molar-refractivity contribution is 7.99. The normalized spacial score (nSPS) is 13.3. The van der Waals surface area contributed by atoms with Crippen molar-refractivity contribution in [1.82, 2.24) is 0 Å². The highest BCUT2D eigenvalue weighted by Crippen LogP contribution is 2.33. The number of carbonyl (C=O) groups excluding carboxylic acids is 2. The number of primary amides is 1. The first-order valence-electron chi connectivity index (χ1n) is 7.30. The minimum atomic E-state index is -0.481. The van der Waals surface area contributed by atoms with Crippen molar-refractivity contribution in [2.75, 3.05) is 29.1 Å². The molecule has 2 aromatic carbocycles. The Labute approximate surface area is 138 Å². The third kappa shape index (κ3) is 3.65. The molecule has 0 atom stereocenters. The van der Waals surface area contributed by atoms with Crippen LogP contribution in [0, 0.1) is 0 Å². The molecule has 5 nitrogen and oxygen atoms in total. The van der Waals surface area contributed by atoms with Crippen molar-refractivity contribution in [2.24, 2.45) is 5.73 Å². The first-order chi connectivity index (χ1) is 11.1. The molecule has 0 saturated heterocycles. The van der Waals surface area contributed by atoms with Gasteiger partial charge in [0.25, 0.3) is 0 Å². The first kappa shape index (κ1) is 15.4. The zero-order valence-corrected chi connectivity index (χ0v) is 13.3. The smallest absolute Gasteiger partial charge is 0.248 e. The number of thioether (sulfide) groups is 1. The minimum absolute atomic E-state index is 0.0847. The van der Waals surface area contributed by atoms with E-state index in [1.54, 1.807) is 24.3 Å². The lowest BCUT2D eigenvalue weighted by atomic mass is 10.2. The number of nitrogens with one attached hydrogen (secondary N) is 1. The van der Waals surface area contributed by atoms with Gasteiger partial charge in [-0.1, -0.05) is 12.1 Å². The second kappa shape index (κ2) is 6.75. The molecule has 0 unspecified atom stereocenters. The van der Waals surface area contributed by atoms with E-state index in [1.807, 2.05) is 30.0 Å². The standard InChI is InChI=1S/C17H17N3O2S/c18-17(22)12-5-7-13(8-6-12)19-16(21)11-20-9-10-23-15-4-2-1-3-14(15)20/h1-8H,9-11H2,(H2,18,22)(H,19,21). The predicted molar refractivity (Wildman–Crippen MR) is 93.0 cm³/mol. The number of rotatable bonds is 4. The maximum Gasteiger partial charge on any atom is 0.248 e. The van der Waals surface area contributed by atoms with Gasteiger partial charge in [-0.3, -0.25) is 9.59 Å². The van der Waals surface area contributed by atoms with E-state index in [0.717, 1.165) is 18.0 Å². The average Bonchev–Trinajstić information content (AvgIpc) is 2.55. The lowest BCUT2D eigenvalue weighted by Gasteiger charge is -2.30. The van der Waals surface area contributed by atoms with Crippen molar-refractivity contribution < 1.29 is 9.59 Å². The molecule has 0 bridgehead atoms. The van der Waals surface area contributed by atoms with Crippen molar-refractivity contribution in [1.29, 1.82) is 0 Å². The molecule has 0 saturated carbocycles. The van der Waals surface area contributed by atoms with Crippen LogP contribution in [-0.2, 0) is 4.79 Å². The van der Waals surface area contributed by atoms with Gasteiger partial charge in [-0.25, -0.2) is 0 Å². The summed E-state index contributed by atoms with van der Waals surface area (Å²) in [5.74, 6) is 0.404. The molecule has 1 aliphatic heterocycles. The summed E-state index contributed by atoms with van der Waals surface area (Å²) < 4.78 is 0. The van der Waals surface area contributed by atoms with Crippen molar-refractivity contribution in [3.05, 3.63) is 54.1 Å². The molecule has 0 fully saturated rings. The largest absolute Gasteiger partial charge is 0.366 e. The van der Waals surface area contributed by atoms with Gasteiger partial charge in [0, 0.05) is 28.4 Å². The van der Waals surface area contributed by atoms with E-state index in [4.69, 9.17) is 5.73 Å². The van der Waals surface area contributed by atoms with Crippen LogP contribution in [0.5, 0.6) is 0 Å². The number of nitrogens with zero attached hydrogens (tertiary/aromatic N) is 1. The van der Waals surface area contributed by atoms with Gasteiger partial charge in [0.2, 0.25) is 11.8 Å². The molecule has 6 heteroatoms. The van der Waals surface area contributed by atoms with Crippen molar-refractivity contribution >= 4 is 35.0 Å². The summed E-state index contributed by atoms with van der Waals surface area (Å²) in [5.41, 5.74) is 7.37. The minimum Gasteiger partial charge on any atom is -0.366 e. The van der Waals surface area contributed by atoms with E-state index in [2.05, 4.69) is 16.3 Å². The highest BCUT2D eigenvalue weighted by atomic mass is 32.2. The van der Waals surface area contributed by atoms with E-state index in [1.165, 1.54) is 4.90 Å². The molecule has 1 aliphatic rings. The quantitative estimate of drug-likeness (QED) is 0.904. The summed E-state index contributed by atoms with van der Waals surface area (Å²) in [4.78, 5) is 26.6. The molecule has 0 aromatic heterocycles. The van der Waals surface area contributed by atoms with E-state index in [0.29, 0.717) is 17.8 Å². The maximum absolute atomic E-state index is 12.3. The lowest BCUT2D eigenvalue weighted by molar-refractivity contribution is -0.115. The first-order valence-corrected chi connectivity index (χ1v) is 8.28. The van der Waals surface area contributed by atoms with Gasteiger partial charge in [-0.15, -0.1) is 11.8 Å². The number of amides is 2. The number of fused-ring (bicyclic) bond motifs is 1. The molecule has 3 N–H and O–H groups in total. The van der Waals surface area contributed by atoms with Crippen molar-refractivity contribution in [3.8, 4) is 0 Å². The SMILES string of the molecule is NC(=O)c1ccc(NC(=O)CN2CCSc3ccccc32)cc1. The van der Waals surface area contributed by atoms with Gasteiger partial charge >= 0.3 is 0 Å². The predicted octanol–water partition coefficient (Wildman–Crippen LogP) is 2.34. The van der Waals surface area contributed by atoms with E-state index >= 15 is 0 Å². The van der Waals surface area contributed by atoms with Gasteiger partial charge in [0.15, 0.2) is 0 Å². The lowest BCUT2D eigenvalue weighted by Crippen LogP contribution is -2.36. The van der Waals surface area contributed by atoms with E-state index < -0.39 is 5.91 Å². The van der Waals surface area contributed by atoms with Crippen LogP contribution in [0.15, 0.2) is 53.4 Å². The number of anilines is 2. The Kier molecular flexibility index (Phi) is 4.52. The Morgan fingerprint density at radius 2 is 1.87 bits per heavy atom. The number of hydrogen-bond donors (Lipinski definition) is 2. The average molecular weight is 327 g/mol. The zero-order valence-electron chi connectivity index (χ0n) is 12.5. The monoisotopic (exact) mass is 327 g/mol. The van der Waals surface area contributed by atoms with Crippen molar-refractivity contribution in [2.45, 2.75) is 4.90 Å². The molecule has 0 spiro atoms. The number of para-hydroxylation sites is 1. The summed E-state index contributed by atoms with van der Waals surface area (Å²) >= 11 is 1.81. The van der Waals surface area contributed by atoms with Crippen LogP contribution in [0.25, 0.3) is 0 Å². The van der Waals surface area contributed by atoms with Gasteiger partial charge < -0.3 is 16.0 Å². The van der Waals surface area contributed by atoms with Crippen LogP contribution in [0.1, 0.15) is 10.4 Å². The summed E-state index contributed by atoms with van der Waals surface area (Å²) in [5, 5.41) is 2.85. The number of hydrogen-bond acceptors (Lipinski definition) is 4. The van der Waals surface area contributed by atoms with Crippen LogP contribution < -0.4 is 16.0 Å². The van der Waals surface area contributed by atoms with Gasteiger partial charge in [-0.05, 0) is 36.4 Å². The maximum atomic E-state index is 12.3. The summed E-state index contributed by atoms with van der Waals surface area (Å²) in [7, 11) is 0. The Hall–Kier alpha value is -2.47. The molecule has 2 aromatic rings. The molecule has 118 valence electrons. The zero-order chi connectivity index (χ0) is 16.2. The molecule has 23 heavy (non-hydrogen) atoms. The third-order valence-corrected chi connectivity index (χ3v) is 4.66. The Balaban J connectivity index is 1.65. The van der Waals surface area contributed by atoms with Gasteiger partial charge in [0.05, 0.1) is 12.2 Å². The Bertz CT molecular complexity index is 731.